The van der Waals surface area contributed by atoms with Crippen LogP contribution in [0.5, 0.6) is 0 Å². The minimum atomic E-state index is -3.36. The van der Waals surface area contributed by atoms with Gasteiger partial charge >= 0.3 is 0 Å². The van der Waals surface area contributed by atoms with E-state index in [1.165, 1.54) is 10.6 Å². The zero-order valence-corrected chi connectivity index (χ0v) is 17.6. The number of hydrogen-bond donors (Lipinski definition) is 1. The highest BCUT2D eigenvalue weighted by molar-refractivity contribution is 7.92. The van der Waals surface area contributed by atoms with E-state index in [4.69, 9.17) is 0 Å². The lowest BCUT2D eigenvalue weighted by atomic mass is 10.1. The molecule has 1 unspecified atom stereocenters. The Morgan fingerprint density at radius 2 is 1.53 bits per heavy atom. The Morgan fingerprint density at radius 1 is 0.967 bits per heavy atom. The van der Waals surface area contributed by atoms with Gasteiger partial charge in [-0.15, -0.1) is 0 Å². The van der Waals surface area contributed by atoms with Gasteiger partial charge < -0.3 is 0 Å². The standard InChI is InChI=1S/C23H23N3O3S/c1-17-15-19-16-18(13-14-22(19)26(17)30(2,28)29)23(27)24-25(20-9-5-3-6-10-20)21-11-7-4-8-12-21/h3-14,16-17H,15H2,1-2H3,(H,24,27). The number of amides is 1. The van der Waals surface area contributed by atoms with Crippen molar-refractivity contribution in [2.24, 2.45) is 0 Å². The largest absolute Gasteiger partial charge is 0.270 e. The molecule has 1 amide bonds. The second kappa shape index (κ2) is 7.84. The molecule has 0 fully saturated rings. The fourth-order valence-corrected chi connectivity index (χ4v) is 5.11. The third kappa shape index (κ3) is 3.89. The first-order chi connectivity index (χ1) is 14.3. The summed E-state index contributed by atoms with van der Waals surface area (Å²) in [5, 5.41) is 1.74. The molecule has 0 bridgehead atoms. The molecule has 30 heavy (non-hydrogen) atoms. The van der Waals surface area contributed by atoms with Crippen LogP contribution in [0, 0.1) is 0 Å². The van der Waals surface area contributed by atoms with Gasteiger partial charge in [-0.05, 0) is 61.4 Å². The third-order valence-electron chi connectivity index (χ3n) is 5.09. The molecule has 1 atom stereocenters. The Labute approximate surface area is 176 Å². The van der Waals surface area contributed by atoms with E-state index in [-0.39, 0.29) is 11.9 Å². The van der Waals surface area contributed by atoms with E-state index >= 15 is 0 Å². The summed E-state index contributed by atoms with van der Waals surface area (Å²) in [6.07, 6.45) is 1.78. The summed E-state index contributed by atoms with van der Waals surface area (Å²) in [4.78, 5) is 13.1. The van der Waals surface area contributed by atoms with Crippen molar-refractivity contribution in [2.75, 3.05) is 15.6 Å². The van der Waals surface area contributed by atoms with E-state index in [9.17, 15) is 13.2 Å². The molecule has 1 heterocycles. The van der Waals surface area contributed by atoms with E-state index in [0.29, 0.717) is 17.7 Å². The smallest absolute Gasteiger partial charge is 0.267 e. The first kappa shape index (κ1) is 20.0. The van der Waals surface area contributed by atoms with E-state index in [0.717, 1.165) is 16.9 Å². The molecule has 0 saturated heterocycles. The van der Waals surface area contributed by atoms with Crippen LogP contribution < -0.4 is 14.7 Å². The van der Waals surface area contributed by atoms with Crippen molar-refractivity contribution in [1.29, 1.82) is 0 Å². The van der Waals surface area contributed by atoms with Gasteiger partial charge in [0.25, 0.3) is 5.91 Å². The van der Waals surface area contributed by atoms with Crippen molar-refractivity contribution in [1.82, 2.24) is 5.43 Å². The van der Waals surface area contributed by atoms with Crippen molar-refractivity contribution >= 4 is 33.0 Å². The van der Waals surface area contributed by atoms with Crippen molar-refractivity contribution < 1.29 is 13.2 Å². The number of carbonyl (C=O) groups excluding carboxylic acids is 1. The molecule has 0 radical (unpaired) electrons. The van der Waals surface area contributed by atoms with Crippen LogP contribution in [0.4, 0.5) is 17.1 Å². The third-order valence-corrected chi connectivity index (χ3v) is 6.37. The summed E-state index contributed by atoms with van der Waals surface area (Å²) in [7, 11) is -3.36. The van der Waals surface area contributed by atoms with Gasteiger partial charge in [0.1, 0.15) is 0 Å². The number of hydrogen-bond acceptors (Lipinski definition) is 4. The van der Waals surface area contributed by atoms with Gasteiger partial charge in [-0.2, -0.15) is 0 Å². The minimum Gasteiger partial charge on any atom is -0.267 e. The van der Waals surface area contributed by atoms with E-state index in [2.05, 4.69) is 5.43 Å². The Bertz CT molecular complexity index is 1130. The number of carbonyl (C=O) groups is 1. The number of hydrazine groups is 1. The average molecular weight is 422 g/mol. The maximum absolute atomic E-state index is 13.1. The SMILES string of the molecule is CC1Cc2cc(C(=O)NN(c3ccccc3)c3ccccc3)ccc2N1S(C)(=O)=O. The molecule has 0 aliphatic carbocycles. The minimum absolute atomic E-state index is 0.168. The van der Waals surface area contributed by atoms with Gasteiger partial charge in [-0.1, -0.05) is 36.4 Å². The molecule has 3 aromatic rings. The van der Waals surface area contributed by atoms with E-state index in [1.807, 2.05) is 67.6 Å². The molecule has 4 rings (SSSR count). The summed E-state index contributed by atoms with van der Waals surface area (Å²) < 4.78 is 25.7. The molecule has 154 valence electrons. The fourth-order valence-electron chi connectivity index (χ4n) is 3.85. The summed E-state index contributed by atoms with van der Waals surface area (Å²) in [5.74, 6) is -0.268. The lowest BCUT2D eigenvalue weighted by Crippen LogP contribution is -2.39. The number of benzene rings is 3. The number of rotatable bonds is 5. The van der Waals surface area contributed by atoms with Crippen LogP contribution in [-0.4, -0.2) is 26.6 Å². The molecule has 0 spiro atoms. The predicted molar refractivity (Wildman–Crippen MR) is 119 cm³/mol. The van der Waals surface area contributed by atoms with Crippen molar-refractivity contribution in [3.05, 3.63) is 90.0 Å². The normalized spacial score (nSPS) is 15.5. The number of nitrogens with one attached hydrogen (secondary N) is 1. The molecule has 1 aliphatic rings. The maximum Gasteiger partial charge on any atom is 0.270 e. The van der Waals surface area contributed by atoms with Crippen LogP contribution in [0.25, 0.3) is 0 Å². The Hall–Kier alpha value is -3.32. The summed E-state index contributed by atoms with van der Waals surface area (Å²) in [6, 6.07) is 24.1. The number of sulfonamides is 1. The molecule has 6 nitrogen and oxygen atoms in total. The second-order valence-corrected chi connectivity index (χ2v) is 9.26. The van der Waals surface area contributed by atoms with Gasteiger partial charge in [0.2, 0.25) is 10.0 Å². The zero-order chi connectivity index (χ0) is 21.3. The number of anilines is 3. The van der Waals surface area contributed by atoms with Crippen molar-refractivity contribution in [3.8, 4) is 0 Å². The molecular formula is C23H23N3O3S. The first-order valence-corrected chi connectivity index (χ1v) is 11.5. The van der Waals surface area contributed by atoms with Crippen LogP contribution in [0.15, 0.2) is 78.9 Å². The van der Waals surface area contributed by atoms with Gasteiger partial charge in [0.05, 0.1) is 23.3 Å². The lowest BCUT2D eigenvalue weighted by molar-refractivity contribution is 0.0953. The number of fused-ring (bicyclic) bond motifs is 1. The predicted octanol–water partition coefficient (Wildman–Crippen LogP) is 3.88. The van der Waals surface area contributed by atoms with Gasteiger partial charge in [0.15, 0.2) is 0 Å². The molecule has 1 aliphatic heterocycles. The lowest BCUT2D eigenvalue weighted by Gasteiger charge is -2.25. The highest BCUT2D eigenvalue weighted by Gasteiger charge is 2.32. The van der Waals surface area contributed by atoms with Crippen molar-refractivity contribution in [3.63, 3.8) is 0 Å². The van der Waals surface area contributed by atoms with Crippen LogP contribution >= 0.6 is 0 Å². The van der Waals surface area contributed by atoms with E-state index < -0.39 is 10.0 Å². The molecule has 7 heteroatoms. The van der Waals surface area contributed by atoms with Gasteiger partial charge in [0, 0.05) is 11.6 Å². The van der Waals surface area contributed by atoms with Crippen LogP contribution in [0.1, 0.15) is 22.8 Å². The summed E-state index contributed by atoms with van der Waals surface area (Å²) in [6.45, 7) is 1.87. The maximum atomic E-state index is 13.1. The summed E-state index contributed by atoms with van der Waals surface area (Å²) >= 11 is 0. The van der Waals surface area contributed by atoms with Crippen molar-refractivity contribution in [2.45, 2.75) is 19.4 Å². The molecule has 3 aromatic carbocycles. The Morgan fingerprint density at radius 3 is 2.07 bits per heavy atom. The molecule has 1 N–H and O–H groups in total. The van der Waals surface area contributed by atoms with Gasteiger partial charge in [-0.25, -0.2) is 8.42 Å². The average Bonchev–Trinajstić information content (AvgIpc) is 3.08. The Kier molecular flexibility index (Phi) is 5.22. The van der Waals surface area contributed by atoms with Crippen LogP contribution in [-0.2, 0) is 16.4 Å². The highest BCUT2D eigenvalue weighted by Crippen LogP contribution is 2.34. The molecule has 0 saturated carbocycles. The topological polar surface area (TPSA) is 69.7 Å². The first-order valence-electron chi connectivity index (χ1n) is 9.68. The quantitative estimate of drug-likeness (QED) is 0.635. The summed E-state index contributed by atoms with van der Waals surface area (Å²) in [5.41, 5.74) is 6.61. The fraction of sp³-hybridized carbons (Fsp3) is 0.174. The van der Waals surface area contributed by atoms with Crippen LogP contribution in [0.2, 0.25) is 0 Å². The van der Waals surface area contributed by atoms with Crippen LogP contribution in [0.3, 0.4) is 0 Å². The van der Waals surface area contributed by atoms with E-state index in [1.54, 1.807) is 23.2 Å². The monoisotopic (exact) mass is 421 g/mol. The zero-order valence-electron chi connectivity index (χ0n) is 16.8. The molecule has 0 aromatic heterocycles. The second-order valence-electron chi connectivity index (χ2n) is 7.40. The highest BCUT2D eigenvalue weighted by atomic mass is 32.2. The molecular weight excluding hydrogens is 398 g/mol. The number of nitrogens with zero attached hydrogens (tertiary/aromatic N) is 2. The Balaban J connectivity index is 1.64. The number of para-hydroxylation sites is 2. The van der Waals surface area contributed by atoms with Gasteiger partial charge in [-0.3, -0.25) is 19.5 Å².